The van der Waals surface area contributed by atoms with Crippen LogP contribution in [0.15, 0.2) is 41.0 Å². The Hall–Kier alpha value is -2.34. The fourth-order valence-corrected chi connectivity index (χ4v) is 3.03. The maximum absolute atomic E-state index is 12.6. The molecule has 2 heterocycles. The number of hydrogen-bond acceptors (Lipinski definition) is 3. The summed E-state index contributed by atoms with van der Waals surface area (Å²) in [7, 11) is 0. The molecule has 5 nitrogen and oxygen atoms in total. The average molecular weight is 360 g/mol. The monoisotopic (exact) mass is 359 g/mol. The zero-order valence-corrected chi connectivity index (χ0v) is 13.7. The number of carbonyl (C=O) groups is 1. The number of aromatic nitrogens is 2. The largest absolute Gasteiger partial charge is 0.508 e. The van der Waals surface area contributed by atoms with Crippen LogP contribution in [0, 0.1) is 13.8 Å². The second-order valence-electron chi connectivity index (χ2n) is 5.11. The number of rotatable bonds is 2. The van der Waals surface area contributed by atoms with Gasteiger partial charge in [-0.2, -0.15) is 0 Å². The summed E-state index contributed by atoms with van der Waals surface area (Å²) >= 11 is 3.47. The third kappa shape index (κ3) is 2.57. The van der Waals surface area contributed by atoms with E-state index in [1.807, 2.05) is 19.2 Å². The van der Waals surface area contributed by atoms with E-state index in [1.54, 1.807) is 29.5 Å². The Kier molecular flexibility index (Phi) is 3.62. The van der Waals surface area contributed by atoms with Crippen molar-refractivity contribution in [3.8, 4) is 5.75 Å². The van der Waals surface area contributed by atoms with Crippen molar-refractivity contribution in [2.45, 2.75) is 13.8 Å². The minimum Gasteiger partial charge on any atom is -0.508 e. The van der Waals surface area contributed by atoms with Crippen molar-refractivity contribution >= 4 is 33.2 Å². The summed E-state index contributed by atoms with van der Waals surface area (Å²) in [6, 6.07) is 8.40. The molecule has 2 aromatic heterocycles. The number of nitrogens with one attached hydrogen (secondary N) is 1. The molecule has 0 unspecified atom stereocenters. The maximum Gasteiger partial charge on any atom is 0.274 e. The molecule has 3 rings (SSSR count). The number of amides is 1. The molecule has 22 heavy (non-hydrogen) atoms. The Morgan fingerprint density at radius 3 is 2.82 bits per heavy atom. The lowest BCUT2D eigenvalue weighted by Crippen LogP contribution is -2.15. The van der Waals surface area contributed by atoms with Gasteiger partial charge in [0, 0.05) is 18.0 Å². The van der Waals surface area contributed by atoms with E-state index >= 15 is 0 Å². The van der Waals surface area contributed by atoms with Crippen LogP contribution in [0.5, 0.6) is 5.75 Å². The molecule has 0 spiro atoms. The first-order valence-electron chi connectivity index (χ1n) is 6.71. The van der Waals surface area contributed by atoms with E-state index in [1.165, 1.54) is 6.07 Å². The van der Waals surface area contributed by atoms with Crippen molar-refractivity contribution in [2.75, 3.05) is 5.32 Å². The zero-order valence-electron chi connectivity index (χ0n) is 12.1. The standard InChI is InChI=1S/C16H14BrN3O2/c1-9-6-13(17)15-18-10(2)14(20(15)8-9)16(22)19-11-4-3-5-12(21)7-11/h3-8,21H,1-2H3,(H,19,22). The van der Waals surface area contributed by atoms with Crippen molar-refractivity contribution in [2.24, 2.45) is 0 Å². The lowest BCUT2D eigenvalue weighted by molar-refractivity contribution is 0.102. The number of fused-ring (bicyclic) bond motifs is 1. The van der Waals surface area contributed by atoms with Crippen molar-refractivity contribution in [1.82, 2.24) is 9.38 Å². The first-order valence-corrected chi connectivity index (χ1v) is 7.50. The molecule has 3 aromatic rings. The summed E-state index contributed by atoms with van der Waals surface area (Å²) in [5.74, 6) is -0.167. The van der Waals surface area contributed by atoms with Gasteiger partial charge in [0.2, 0.25) is 0 Å². The van der Waals surface area contributed by atoms with Crippen molar-refractivity contribution < 1.29 is 9.90 Å². The molecule has 0 radical (unpaired) electrons. The molecule has 0 saturated heterocycles. The highest BCUT2D eigenvalue weighted by Gasteiger charge is 2.18. The van der Waals surface area contributed by atoms with Gasteiger partial charge in [-0.25, -0.2) is 4.98 Å². The van der Waals surface area contributed by atoms with Gasteiger partial charge >= 0.3 is 0 Å². The number of aryl methyl sites for hydroxylation is 2. The number of carbonyl (C=O) groups excluding carboxylic acids is 1. The Bertz CT molecular complexity index is 886. The summed E-state index contributed by atoms with van der Waals surface area (Å²) in [6.45, 7) is 3.75. The van der Waals surface area contributed by atoms with E-state index in [4.69, 9.17) is 0 Å². The van der Waals surface area contributed by atoms with Gasteiger partial charge in [0.05, 0.1) is 10.2 Å². The Labute approximate surface area is 135 Å². The van der Waals surface area contributed by atoms with E-state index in [-0.39, 0.29) is 11.7 Å². The zero-order chi connectivity index (χ0) is 15.9. The summed E-state index contributed by atoms with van der Waals surface area (Å²) in [6.07, 6.45) is 1.87. The summed E-state index contributed by atoms with van der Waals surface area (Å²) in [5.41, 5.74) is 3.37. The lowest BCUT2D eigenvalue weighted by atomic mass is 10.2. The first kappa shape index (κ1) is 14.6. The quantitative estimate of drug-likeness (QED) is 0.733. The van der Waals surface area contributed by atoms with Gasteiger partial charge in [-0.15, -0.1) is 0 Å². The minimum absolute atomic E-state index is 0.103. The highest BCUT2D eigenvalue weighted by Crippen LogP contribution is 2.23. The number of benzene rings is 1. The number of phenols is 1. The van der Waals surface area contributed by atoms with Gasteiger partial charge in [0.25, 0.3) is 5.91 Å². The topological polar surface area (TPSA) is 66.6 Å². The maximum atomic E-state index is 12.6. The predicted molar refractivity (Wildman–Crippen MR) is 88.4 cm³/mol. The van der Waals surface area contributed by atoms with Gasteiger partial charge in [-0.05, 0) is 53.5 Å². The van der Waals surface area contributed by atoms with Crippen LogP contribution in [0.25, 0.3) is 5.65 Å². The highest BCUT2D eigenvalue weighted by molar-refractivity contribution is 9.10. The highest BCUT2D eigenvalue weighted by atomic mass is 79.9. The smallest absolute Gasteiger partial charge is 0.274 e. The third-order valence-corrected chi connectivity index (χ3v) is 3.89. The number of phenolic OH excluding ortho intramolecular Hbond substituents is 1. The van der Waals surface area contributed by atoms with E-state index in [0.717, 1.165) is 10.0 Å². The molecule has 0 atom stereocenters. The molecule has 0 aliphatic carbocycles. The molecule has 1 amide bonds. The molecule has 1 aromatic carbocycles. The van der Waals surface area contributed by atoms with Gasteiger partial charge in [-0.1, -0.05) is 6.07 Å². The van der Waals surface area contributed by atoms with Gasteiger partial charge in [0.1, 0.15) is 11.4 Å². The van der Waals surface area contributed by atoms with Crippen molar-refractivity contribution in [3.05, 3.63) is 58.0 Å². The molecule has 0 bridgehead atoms. The van der Waals surface area contributed by atoms with Crippen LogP contribution in [-0.4, -0.2) is 20.4 Å². The van der Waals surface area contributed by atoms with Gasteiger partial charge in [-0.3, -0.25) is 9.20 Å². The second-order valence-corrected chi connectivity index (χ2v) is 5.96. The summed E-state index contributed by atoms with van der Waals surface area (Å²) < 4.78 is 2.61. The number of anilines is 1. The van der Waals surface area contributed by atoms with Crippen LogP contribution < -0.4 is 5.32 Å². The van der Waals surface area contributed by atoms with Crippen molar-refractivity contribution in [1.29, 1.82) is 0 Å². The van der Waals surface area contributed by atoms with Crippen LogP contribution in [0.4, 0.5) is 5.69 Å². The number of halogens is 1. The van der Waals surface area contributed by atoms with Crippen LogP contribution in [0.2, 0.25) is 0 Å². The Morgan fingerprint density at radius 1 is 1.32 bits per heavy atom. The van der Waals surface area contributed by atoms with Crippen LogP contribution in [-0.2, 0) is 0 Å². The van der Waals surface area contributed by atoms with E-state index in [9.17, 15) is 9.90 Å². The van der Waals surface area contributed by atoms with Gasteiger partial charge in [0.15, 0.2) is 5.65 Å². The number of pyridine rings is 1. The molecule has 0 aliphatic rings. The number of hydrogen-bond donors (Lipinski definition) is 2. The number of nitrogens with zero attached hydrogens (tertiary/aromatic N) is 2. The normalized spacial score (nSPS) is 10.9. The van der Waals surface area contributed by atoms with E-state index in [2.05, 4.69) is 26.2 Å². The van der Waals surface area contributed by atoms with Crippen LogP contribution in [0.3, 0.4) is 0 Å². The Morgan fingerprint density at radius 2 is 2.09 bits per heavy atom. The molecule has 2 N–H and O–H groups in total. The fourth-order valence-electron chi connectivity index (χ4n) is 2.39. The Balaban J connectivity index is 2.06. The number of aromatic hydroxyl groups is 1. The fraction of sp³-hybridized carbons (Fsp3) is 0.125. The molecule has 0 saturated carbocycles. The second kappa shape index (κ2) is 5.46. The SMILES string of the molecule is Cc1cc(Br)c2nc(C)c(C(=O)Nc3cccc(O)c3)n2c1. The van der Waals surface area contributed by atoms with Crippen LogP contribution >= 0.6 is 15.9 Å². The lowest BCUT2D eigenvalue weighted by Gasteiger charge is -2.07. The molecule has 0 fully saturated rings. The predicted octanol–water partition coefficient (Wildman–Crippen LogP) is 3.67. The molecular formula is C16H14BrN3O2. The van der Waals surface area contributed by atoms with Gasteiger partial charge < -0.3 is 10.4 Å². The van der Waals surface area contributed by atoms with E-state index in [0.29, 0.717) is 22.7 Å². The van der Waals surface area contributed by atoms with Crippen molar-refractivity contribution in [3.63, 3.8) is 0 Å². The summed E-state index contributed by atoms with van der Waals surface area (Å²) in [5, 5.41) is 12.3. The first-order chi connectivity index (χ1) is 10.5. The molecule has 112 valence electrons. The number of imidazole rings is 1. The van der Waals surface area contributed by atoms with Crippen LogP contribution in [0.1, 0.15) is 21.7 Å². The average Bonchev–Trinajstić information content (AvgIpc) is 2.75. The molecule has 6 heteroatoms. The van der Waals surface area contributed by atoms with E-state index < -0.39 is 0 Å². The minimum atomic E-state index is -0.270. The third-order valence-electron chi connectivity index (χ3n) is 3.31. The molecule has 0 aliphatic heterocycles. The molecular weight excluding hydrogens is 346 g/mol. The summed E-state index contributed by atoms with van der Waals surface area (Å²) in [4.78, 5) is 17.0.